The van der Waals surface area contributed by atoms with Gasteiger partial charge in [0, 0.05) is 5.46 Å². The molecule has 1 aromatic rings. The van der Waals surface area contributed by atoms with Crippen LogP contribution in [-0.4, -0.2) is 23.8 Å². The van der Waals surface area contributed by atoms with E-state index in [0.717, 1.165) is 32.1 Å². The monoisotopic (exact) mass is 318 g/mol. The molecule has 3 nitrogen and oxygen atoms in total. The summed E-state index contributed by atoms with van der Waals surface area (Å²) in [6.07, 6.45) is 5.49. The van der Waals surface area contributed by atoms with Gasteiger partial charge >= 0.3 is 7.12 Å². The molecular weight excluding hydrogens is 287 g/mol. The van der Waals surface area contributed by atoms with Crippen molar-refractivity contribution in [2.24, 2.45) is 0 Å². The maximum Gasteiger partial charge on any atom is 0.492 e. The smallest absolute Gasteiger partial charge is 0.492 e. The van der Waals surface area contributed by atoms with E-state index in [0.29, 0.717) is 17.8 Å². The number of rotatable bonds is 6. The average Bonchev–Trinajstić information content (AvgIpc) is 2.48. The van der Waals surface area contributed by atoms with Gasteiger partial charge in [0.2, 0.25) is 0 Å². The maximum absolute atomic E-state index is 9.78. The highest BCUT2D eigenvalue weighted by Crippen LogP contribution is 2.46. The number of hydrogen-bond acceptors (Lipinski definition) is 3. The van der Waals surface area contributed by atoms with Crippen molar-refractivity contribution in [3.63, 3.8) is 0 Å². The van der Waals surface area contributed by atoms with Gasteiger partial charge in [0.1, 0.15) is 5.75 Å². The van der Waals surface area contributed by atoms with Crippen molar-refractivity contribution in [1.82, 2.24) is 0 Å². The minimum atomic E-state index is -1.50. The van der Waals surface area contributed by atoms with Crippen molar-refractivity contribution in [2.45, 2.75) is 77.6 Å². The maximum atomic E-state index is 9.78. The summed E-state index contributed by atoms with van der Waals surface area (Å²) in [5.41, 5.74) is 3.13. The van der Waals surface area contributed by atoms with Crippen molar-refractivity contribution >= 4 is 12.6 Å². The van der Waals surface area contributed by atoms with Crippen molar-refractivity contribution in [1.29, 1.82) is 0 Å². The average molecular weight is 318 g/mol. The van der Waals surface area contributed by atoms with E-state index in [4.69, 9.17) is 4.74 Å². The van der Waals surface area contributed by atoms with Crippen LogP contribution in [0.15, 0.2) is 12.1 Å². The van der Waals surface area contributed by atoms with E-state index >= 15 is 0 Å². The lowest BCUT2D eigenvalue weighted by atomic mass is 9.61. The van der Waals surface area contributed by atoms with Crippen LogP contribution in [0.25, 0.3) is 0 Å². The molecule has 2 N–H and O–H groups in total. The molecule has 0 fully saturated rings. The Bertz CT molecular complexity index is 550. The van der Waals surface area contributed by atoms with Crippen molar-refractivity contribution in [3.05, 3.63) is 23.3 Å². The van der Waals surface area contributed by atoms with E-state index < -0.39 is 7.12 Å². The number of ether oxygens (including phenoxy) is 1. The number of unbranched alkanes of at least 4 members (excludes halogenated alkanes) is 2. The Hall–Kier alpha value is -0.995. The standard InChI is InChI=1S/C19H31BO3/c1-6-7-8-11-23-17-13-15-14(12-16(17)20(21)22)18(2,3)9-10-19(15,4)5/h12-13,21-22H,6-11H2,1-5H3. The molecule has 23 heavy (non-hydrogen) atoms. The minimum Gasteiger partial charge on any atom is -0.494 e. The van der Waals surface area contributed by atoms with Gasteiger partial charge in [-0.25, -0.2) is 0 Å². The van der Waals surface area contributed by atoms with Crippen LogP contribution in [0.2, 0.25) is 0 Å². The van der Waals surface area contributed by atoms with Crippen LogP contribution in [0.4, 0.5) is 0 Å². The van der Waals surface area contributed by atoms with E-state index in [2.05, 4.69) is 40.7 Å². The second kappa shape index (κ2) is 6.86. The molecule has 0 aliphatic heterocycles. The summed E-state index contributed by atoms with van der Waals surface area (Å²) in [4.78, 5) is 0. The predicted octanol–water partition coefficient (Wildman–Crippen LogP) is 3.28. The summed E-state index contributed by atoms with van der Waals surface area (Å²) in [5.74, 6) is 0.626. The van der Waals surface area contributed by atoms with E-state index in [1.807, 2.05) is 6.07 Å². The first-order chi connectivity index (χ1) is 10.7. The van der Waals surface area contributed by atoms with Gasteiger partial charge in [0.05, 0.1) is 6.61 Å². The van der Waals surface area contributed by atoms with Gasteiger partial charge in [-0.15, -0.1) is 0 Å². The molecule has 0 bridgehead atoms. The Morgan fingerprint density at radius 2 is 1.57 bits per heavy atom. The van der Waals surface area contributed by atoms with Gasteiger partial charge in [-0.05, 0) is 47.3 Å². The van der Waals surface area contributed by atoms with Crippen LogP contribution < -0.4 is 10.2 Å². The summed E-state index contributed by atoms with van der Waals surface area (Å²) in [7, 11) is -1.50. The Balaban J connectivity index is 2.43. The zero-order valence-electron chi connectivity index (χ0n) is 15.3. The molecule has 1 aliphatic rings. The molecule has 0 heterocycles. The summed E-state index contributed by atoms with van der Waals surface area (Å²) in [6, 6.07) is 4.01. The first kappa shape index (κ1) is 18.3. The van der Waals surface area contributed by atoms with Crippen LogP contribution in [0, 0.1) is 0 Å². The highest BCUT2D eigenvalue weighted by atomic mass is 16.5. The van der Waals surface area contributed by atoms with Crippen LogP contribution in [-0.2, 0) is 10.8 Å². The summed E-state index contributed by atoms with van der Waals surface area (Å²) >= 11 is 0. The lowest BCUT2D eigenvalue weighted by molar-refractivity contribution is 0.300. The van der Waals surface area contributed by atoms with Gasteiger partial charge in [-0.1, -0.05) is 53.5 Å². The molecule has 0 atom stereocenters. The number of hydrogen-bond donors (Lipinski definition) is 2. The molecule has 0 saturated heterocycles. The zero-order chi connectivity index (χ0) is 17.3. The van der Waals surface area contributed by atoms with Crippen molar-refractivity contribution in [3.8, 4) is 5.75 Å². The third-order valence-corrected chi connectivity index (χ3v) is 5.27. The van der Waals surface area contributed by atoms with Gasteiger partial charge in [0.25, 0.3) is 0 Å². The molecule has 0 saturated carbocycles. The van der Waals surface area contributed by atoms with Gasteiger partial charge in [-0.3, -0.25) is 0 Å². The molecule has 2 rings (SSSR count). The van der Waals surface area contributed by atoms with E-state index in [1.165, 1.54) is 11.1 Å². The van der Waals surface area contributed by atoms with Crippen LogP contribution in [0.1, 0.15) is 77.8 Å². The van der Waals surface area contributed by atoms with Crippen LogP contribution in [0.5, 0.6) is 5.75 Å². The van der Waals surface area contributed by atoms with Gasteiger partial charge < -0.3 is 14.8 Å². The SMILES string of the molecule is CCCCCOc1cc2c(cc1B(O)O)C(C)(C)CCC2(C)C. The lowest BCUT2D eigenvalue weighted by Crippen LogP contribution is -2.39. The minimum absolute atomic E-state index is 0.0508. The molecule has 0 radical (unpaired) electrons. The second-order valence-electron chi connectivity index (χ2n) is 8.13. The van der Waals surface area contributed by atoms with Crippen molar-refractivity contribution < 1.29 is 14.8 Å². The molecule has 1 aliphatic carbocycles. The second-order valence-corrected chi connectivity index (χ2v) is 8.13. The Morgan fingerprint density at radius 1 is 1.00 bits per heavy atom. The molecule has 1 aromatic carbocycles. The Morgan fingerprint density at radius 3 is 2.09 bits per heavy atom. The quantitative estimate of drug-likeness (QED) is 0.625. The van der Waals surface area contributed by atoms with E-state index in [9.17, 15) is 10.0 Å². The normalized spacial score (nSPS) is 18.4. The fraction of sp³-hybridized carbons (Fsp3) is 0.684. The first-order valence-corrected chi connectivity index (χ1v) is 8.87. The molecule has 128 valence electrons. The highest BCUT2D eigenvalue weighted by Gasteiger charge is 2.38. The predicted molar refractivity (Wildman–Crippen MR) is 96.6 cm³/mol. The van der Waals surface area contributed by atoms with Gasteiger partial charge in [-0.2, -0.15) is 0 Å². The topological polar surface area (TPSA) is 49.7 Å². The van der Waals surface area contributed by atoms with E-state index in [1.54, 1.807) is 0 Å². The van der Waals surface area contributed by atoms with Crippen LogP contribution in [0.3, 0.4) is 0 Å². The Kier molecular flexibility index (Phi) is 5.47. The third kappa shape index (κ3) is 3.92. The fourth-order valence-corrected chi connectivity index (χ4v) is 3.47. The van der Waals surface area contributed by atoms with Crippen LogP contribution >= 0.6 is 0 Å². The molecule has 0 spiro atoms. The first-order valence-electron chi connectivity index (χ1n) is 8.87. The molecule has 0 amide bonds. The summed E-state index contributed by atoms with van der Waals surface area (Å²) < 4.78 is 5.91. The highest BCUT2D eigenvalue weighted by molar-refractivity contribution is 6.59. The Labute approximate surface area is 141 Å². The van der Waals surface area contributed by atoms with Crippen molar-refractivity contribution in [2.75, 3.05) is 6.61 Å². The largest absolute Gasteiger partial charge is 0.494 e. The zero-order valence-corrected chi connectivity index (χ0v) is 15.3. The fourth-order valence-electron chi connectivity index (χ4n) is 3.47. The lowest BCUT2D eigenvalue weighted by Gasteiger charge is -2.42. The molecule has 0 aromatic heterocycles. The summed E-state index contributed by atoms with van der Waals surface area (Å²) in [5, 5.41) is 19.6. The van der Waals surface area contributed by atoms with E-state index in [-0.39, 0.29) is 10.8 Å². The van der Waals surface area contributed by atoms with Gasteiger partial charge in [0.15, 0.2) is 0 Å². The number of fused-ring (bicyclic) bond motifs is 1. The molecule has 4 heteroatoms. The third-order valence-electron chi connectivity index (χ3n) is 5.27. The molecule has 0 unspecified atom stereocenters. The summed E-state index contributed by atoms with van der Waals surface area (Å²) in [6.45, 7) is 11.8. The number of benzene rings is 1. The molecular formula is C19H31BO3.